The quantitative estimate of drug-likeness (QED) is 0.0199. The average Bonchev–Trinajstić information content (AvgIpc) is 3.28. The lowest BCUT2D eigenvalue weighted by atomic mass is 10.0. The summed E-state index contributed by atoms with van der Waals surface area (Å²) in [5, 5.41) is 0. The van der Waals surface area contributed by atoms with Gasteiger partial charge in [-0.3, -0.25) is 14.4 Å². The molecular formula is C57H100O6. The average molecular weight is 881 g/mol. The minimum absolute atomic E-state index is 0.100. The maximum Gasteiger partial charge on any atom is 0.306 e. The predicted molar refractivity (Wildman–Crippen MR) is 270 cm³/mol. The van der Waals surface area contributed by atoms with Gasteiger partial charge < -0.3 is 14.2 Å². The molecule has 0 heterocycles. The Morgan fingerprint density at radius 2 is 0.667 bits per heavy atom. The Morgan fingerprint density at radius 1 is 0.333 bits per heavy atom. The van der Waals surface area contributed by atoms with Gasteiger partial charge in [-0.2, -0.15) is 0 Å². The number of allylic oxidation sites excluding steroid dienone is 10. The molecule has 63 heavy (non-hydrogen) atoms. The molecule has 0 saturated carbocycles. The fraction of sp³-hybridized carbons (Fsp3) is 0.772. The summed E-state index contributed by atoms with van der Waals surface area (Å²) in [6.45, 7) is 6.56. The summed E-state index contributed by atoms with van der Waals surface area (Å²) in [5.74, 6) is -0.981. The molecule has 0 saturated heterocycles. The summed E-state index contributed by atoms with van der Waals surface area (Å²) < 4.78 is 16.7. The fourth-order valence-corrected chi connectivity index (χ4v) is 7.50. The van der Waals surface area contributed by atoms with E-state index in [9.17, 15) is 14.4 Å². The van der Waals surface area contributed by atoms with E-state index in [-0.39, 0.29) is 37.5 Å². The van der Waals surface area contributed by atoms with Gasteiger partial charge in [0.15, 0.2) is 6.10 Å². The maximum atomic E-state index is 12.8. The molecule has 0 aromatic heterocycles. The third-order valence-electron chi connectivity index (χ3n) is 11.6. The third kappa shape index (κ3) is 50.0. The molecule has 1 atom stereocenters. The van der Waals surface area contributed by atoms with E-state index < -0.39 is 6.10 Å². The second kappa shape index (κ2) is 51.7. The largest absolute Gasteiger partial charge is 0.462 e. The second-order valence-electron chi connectivity index (χ2n) is 17.8. The van der Waals surface area contributed by atoms with Crippen LogP contribution in [0.5, 0.6) is 0 Å². The van der Waals surface area contributed by atoms with E-state index >= 15 is 0 Å². The number of rotatable bonds is 48. The SMILES string of the molecule is CCCCCCC/C=C/C=C/C=C/CCCCCCCC(=O)OCC(COC(=O)CC/C=C/C/C=C/CCCCCCCC)OC(=O)CCCCCCCCCCCCCCCC. The fourth-order valence-electron chi connectivity index (χ4n) is 7.50. The highest BCUT2D eigenvalue weighted by molar-refractivity contribution is 5.71. The normalized spacial score (nSPS) is 12.5. The van der Waals surface area contributed by atoms with Gasteiger partial charge in [0.2, 0.25) is 0 Å². The second-order valence-corrected chi connectivity index (χ2v) is 17.8. The zero-order valence-corrected chi connectivity index (χ0v) is 41.6. The van der Waals surface area contributed by atoms with E-state index in [1.807, 2.05) is 6.08 Å². The van der Waals surface area contributed by atoms with Crippen LogP contribution in [0.4, 0.5) is 0 Å². The zero-order chi connectivity index (χ0) is 45.8. The van der Waals surface area contributed by atoms with Crippen molar-refractivity contribution < 1.29 is 28.6 Å². The summed E-state index contributed by atoms with van der Waals surface area (Å²) in [7, 11) is 0. The third-order valence-corrected chi connectivity index (χ3v) is 11.6. The van der Waals surface area contributed by atoms with Crippen molar-refractivity contribution in [3.05, 3.63) is 60.8 Å². The highest BCUT2D eigenvalue weighted by Crippen LogP contribution is 2.15. The predicted octanol–water partition coefficient (Wildman–Crippen LogP) is 17.6. The molecule has 0 aliphatic rings. The summed E-state index contributed by atoms with van der Waals surface area (Å²) >= 11 is 0. The molecule has 0 aromatic rings. The van der Waals surface area contributed by atoms with Crippen molar-refractivity contribution in [3.63, 3.8) is 0 Å². The smallest absolute Gasteiger partial charge is 0.306 e. The number of hydrogen-bond donors (Lipinski definition) is 0. The molecule has 6 nitrogen and oxygen atoms in total. The highest BCUT2D eigenvalue weighted by atomic mass is 16.6. The van der Waals surface area contributed by atoms with Crippen LogP contribution in [0, 0.1) is 0 Å². The minimum atomic E-state index is -0.802. The van der Waals surface area contributed by atoms with Crippen LogP contribution in [0.3, 0.4) is 0 Å². The number of unbranched alkanes of at least 4 members (excludes halogenated alkanes) is 29. The summed E-state index contributed by atoms with van der Waals surface area (Å²) in [4.78, 5) is 38.0. The summed E-state index contributed by atoms with van der Waals surface area (Å²) in [5.41, 5.74) is 0. The molecular weight excluding hydrogens is 781 g/mol. The summed E-state index contributed by atoms with van der Waals surface area (Å²) in [6, 6.07) is 0. The number of esters is 3. The van der Waals surface area contributed by atoms with Gasteiger partial charge in [0, 0.05) is 19.3 Å². The molecule has 6 heteroatoms. The molecule has 0 spiro atoms. The Bertz CT molecular complexity index is 1150. The van der Waals surface area contributed by atoms with Gasteiger partial charge in [-0.1, -0.05) is 242 Å². The van der Waals surface area contributed by atoms with Crippen molar-refractivity contribution in [2.24, 2.45) is 0 Å². The van der Waals surface area contributed by atoms with Gasteiger partial charge in [0.1, 0.15) is 13.2 Å². The monoisotopic (exact) mass is 881 g/mol. The van der Waals surface area contributed by atoms with E-state index in [4.69, 9.17) is 14.2 Å². The molecule has 0 amide bonds. The molecule has 364 valence electrons. The molecule has 0 aromatic carbocycles. The van der Waals surface area contributed by atoms with Crippen molar-refractivity contribution in [1.29, 1.82) is 0 Å². The minimum Gasteiger partial charge on any atom is -0.462 e. The van der Waals surface area contributed by atoms with E-state index in [1.165, 1.54) is 148 Å². The topological polar surface area (TPSA) is 78.9 Å². The molecule has 0 fully saturated rings. The van der Waals surface area contributed by atoms with Crippen LogP contribution >= 0.6 is 0 Å². The van der Waals surface area contributed by atoms with Gasteiger partial charge in [-0.25, -0.2) is 0 Å². The molecule has 0 radical (unpaired) electrons. The summed E-state index contributed by atoms with van der Waals surface area (Å²) in [6.07, 6.45) is 63.6. The first kappa shape index (κ1) is 60.1. The Kier molecular flexibility index (Phi) is 49.4. The standard InChI is InChI=1S/C57H100O6/c1-4-7-10-13-16-19-22-25-27-28-29-30-33-35-38-41-44-47-50-56(59)62-53-54(52-61-55(58)49-46-43-40-37-34-31-24-21-18-15-12-9-6-3)63-57(60)51-48-45-42-39-36-32-26-23-20-17-14-11-8-5-2/h22,25,27-31,34,40,43,54H,4-21,23-24,26,32-33,35-39,41-42,44-53H2,1-3H3/b25-22+,28-27+,30-29+,34-31+,43-40+. The Labute approximate surface area is 390 Å². The van der Waals surface area contributed by atoms with E-state index in [0.29, 0.717) is 19.3 Å². The molecule has 0 bridgehead atoms. The first-order chi connectivity index (χ1) is 31.0. The molecule has 1 unspecified atom stereocenters. The van der Waals surface area contributed by atoms with Crippen LogP contribution in [0.2, 0.25) is 0 Å². The van der Waals surface area contributed by atoms with Crippen molar-refractivity contribution in [3.8, 4) is 0 Å². The lowest BCUT2D eigenvalue weighted by molar-refractivity contribution is -0.166. The first-order valence-corrected chi connectivity index (χ1v) is 26.8. The van der Waals surface area contributed by atoms with Gasteiger partial charge in [-0.15, -0.1) is 0 Å². The van der Waals surface area contributed by atoms with Gasteiger partial charge in [0.25, 0.3) is 0 Å². The van der Waals surface area contributed by atoms with Crippen LogP contribution in [-0.2, 0) is 28.6 Å². The Balaban J connectivity index is 4.45. The molecule has 0 aliphatic heterocycles. The number of hydrogen-bond acceptors (Lipinski definition) is 6. The van der Waals surface area contributed by atoms with Crippen molar-refractivity contribution in [2.75, 3.05) is 13.2 Å². The lowest BCUT2D eigenvalue weighted by Crippen LogP contribution is -2.30. The first-order valence-electron chi connectivity index (χ1n) is 26.8. The highest BCUT2D eigenvalue weighted by Gasteiger charge is 2.19. The van der Waals surface area contributed by atoms with Gasteiger partial charge in [-0.05, 0) is 64.2 Å². The lowest BCUT2D eigenvalue weighted by Gasteiger charge is -2.18. The van der Waals surface area contributed by atoms with Crippen LogP contribution in [0.1, 0.15) is 265 Å². The van der Waals surface area contributed by atoms with E-state index in [2.05, 4.69) is 75.5 Å². The molecule has 0 aliphatic carbocycles. The van der Waals surface area contributed by atoms with Crippen molar-refractivity contribution in [2.45, 2.75) is 271 Å². The van der Waals surface area contributed by atoms with Crippen LogP contribution < -0.4 is 0 Å². The molecule has 0 N–H and O–H groups in total. The molecule has 0 rings (SSSR count). The van der Waals surface area contributed by atoms with E-state index in [0.717, 1.165) is 70.6 Å². The number of carbonyl (C=O) groups is 3. The van der Waals surface area contributed by atoms with E-state index in [1.54, 1.807) is 0 Å². The number of ether oxygens (including phenoxy) is 3. The Hall–Kier alpha value is -2.89. The van der Waals surface area contributed by atoms with Crippen LogP contribution in [0.25, 0.3) is 0 Å². The Morgan fingerprint density at radius 3 is 1.10 bits per heavy atom. The van der Waals surface area contributed by atoms with Gasteiger partial charge >= 0.3 is 17.9 Å². The van der Waals surface area contributed by atoms with Gasteiger partial charge in [0.05, 0.1) is 0 Å². The van der Waals surface area contributed by atoms with Crippen LogP contribution in [-0.4, -0.2) is 37.2 Å². The van der Waals surface area contributed by atoms with Crippen molar-refractivity contribution in [1.82, 2.24) is 0 Å². The zero-order valence-electron chi connectivity index (χ0n) is 41.6. The van der Waals surface area contributed by atoms with Crippen molar-refractivity contribution >= 4 is 17.9 Å². The maximum absolute atomic E-state index is 12.8. The van der Waals surface area contributed by atoms with Crippen LogP contribution in [0.15, 0.2) is 60.8 Å². The number of carbonyl (C=O) groups excluding carboxylic acids is 3.